The molecule has 1 amide bonds. The lowest BCUT2D eigenvalue weighted by Gasteiger charge is -2.16. The lowest BCUT2D eigenvalue weighted by molar-refractivity contribution is -0.117. The maximum atomic E-state index is 12.1. The average Bonchev–Trinajstić information content (AvgIpc) is 3.05. The van der Waals surface area contributed by atoms with E-state index in [2.05, 4.69) is 10.3 Å². The van der Waals surface area contributed by atoms with E-state index in [1.165, 1.54) is 6.08 Å². The van der Waals surface area contributed by atoms with Gasteiger partial charge < -0.3 is 19.5 Å². The van der Waals surface area contributed by atoms with Gasteiger partial charge in [-0.15, -0.1) is 11.3 Å². The van der Waals surface area contributed by atoms with Gasteiger partial charge >= 0.3 is 0 Å². The lowest BCUT2D eigenvalue weighted by Crippen LogP contribution is -2.24. The summed E-state index contributed by atoms with van der Waals surface area (Å²) >= 11 is 1.55. The summed E-state index contributed by atoms with van der Waals surface area (Å²) < 4.78 is 16.0. The Bertz CT molecular complexity index is 758. The smallest absolute Gasteiger partial charge is 0.244 e. The second-order valence-electron chi connectivity index (χ2n) is 5.61. The van der Waals surface area contributed by atoms with Crippen molar-refractivity contribution >= 4 is 23.3 Å². The van der Waals surface area contributed by atoms with Crippen LogP contribution in [0.25, 0.3) is 6.08 Å². The summed E-state index contributed by atoms with van der Waals surface area (Å²) in [6, 6.07) is 5.43. The molecule has 1 aromatic heterocycles. The maximum absolute atomic E-state index is 12.1. The van der Waals surface area contributed by atoms with Crippen molar-refractivity contribution in [3.63, 3.8) is 0 Å². The van der Waals surface area contributed by atoms with Crippen LogP contribution in [0.1, 0.15) is 29.2 Å². The van der Waals surface area contributed by atoms with E-state index in [-0.39, 0.29) is 11.9 Å². The molecule has 1 N–H and O–H groups in total. The second kappa shape index (κ2) is 9.94. The summed E-state index contributed by atoms with van der Waals surface area (Å²) in [7, 11) is 3.21. The van der Waals surface area contributed by atoms with Gasteiger partial charge in [0.25, 0.3) is 0 Å². The summed E-state index contributed by atoms with van der Waals surface area (Å²) in [5.74, 6) is 1.08. The molecule has 0 aliphatic carbocycles. The zero-order chi connectivity index (χ0) is 18.9. The number of aryl methyl sites for hydroxylation is 1. The van der Waals surface area contributed by atoms with Gasteiger partial charge in [0.1, 0.15) is 6.61 Å². The third-order valence-corrected chi connectivity index (χ3v) is 4.43. The van der Waals surface area contributed by atoms with Crippen LogP contribution in [0.4, 0.5) is 0 Å². The Hall–Kier alpha value is -2.38. The number of methoxy groups -OCH3 is 2. The molecule has 140 valence electrons. The highest BCUT2D eigenvalue weighted by atomic mass is 32.1. The number of benzene rings is 1. The minimum absolute atomic E-state index is 0.175. The molecule has 0 aliphatic rings. The number of carbonyl (C=O) groups excluding carboxylic acids is 1. The average molecular weight is 376 g/mol. The van der Waals surface area contributed by atoms with Crippen LogP contribution < -0.4 is 14.8 Å². The van der Waals surface area contributed by atoms with Gasteiger partial charge in [-0.3, -0.25) is 4.79 Å². The number of hydrogen-bond donors (Lipinski definition) is 1. The fraction of sp³-hybridized carbons (Fsp3) is 0.368. The molecule has 0 saturated carbocycles. The largest absolute Gasteiger partial charge is 0.493 e. The maximum Gasteiger partial charge on any atom is 0.244 e. The van der Waals surface area contributed by atoms with Crippen LogP contribution in [0.2, 0.25) is 0 Å². The fourth-order valence-corrected chi connectivity index (χ4v) is 2.85. The molecule has 1 unspecified atom stereocenters. The second-order valence-corrected chi connectivity index (χ2v) is 6.67. The molecule has 1 aromatic carbocycles. The van der Waals surface area contributed by atoms with E-state index in [0.717, 1.165) is 16.3 Å². The fourth-order valence-electron chi connectivity index (χ4n) is 2.27. The van der Waals surface area contributed by atoms with Crippen molar-refractivity contribution in [1.29, 1.82) is 0 Å². The first-order valence-corrected chi connectivity index (χ1v) is 9.12. The molecule has 2 rings (SSSR count). The summed E-state index contributed by atoms with van der Waals surface area (Å²) in [4.78, 5) is 16.4. The molecule has 0 fully saturated rings. The molecule has 0 saturated heterocycles. The van der Waals surface area contributed by atoms with Gasteiger partial charge in [-0.25, -0.2) is 4.98 Å². The number of hydrogen-bond acceptors (Lipinski definition) is 6. The molecule has 1 heterocycles. The van der Waals surface area contributed by atoms with E-state index in [1.807, 2.05) is 37.4 Å². The zero-order valence-electron chi connectivity index (χ0n) is 15.4. The van der Waals surface area contributed by atoms with E-state index >= 15 is 0 Å². The van der Waals surface area contributed by atoms with Crippen LogP contribution in [0.15, 0.2) is 29.7 Å². The van der Waals surface area contributed by atoms with Crippen LogP contribution in [0.3, 0.4) is 0 Å². The minimum atomic E-state index is -0.178. The summed E-state index contributed by atoms with van der Waals surface area (Å²) in [5, 5.41) is 5.81. The summed E-state index contributed by atoms with van der Waals surface area (Å²) in [5.41, 5.74) is 1.71. The van der Waals surface area contributed by atoms with Crippen molar-refractivity contribution in [3.8, 4) is 11.5 Å². The van der Waals surface area contributed by atoms with Gasteiger partial charge in [0.15, 0.2) is 11.5 Å². The number of ether oxygens (including phenoxy) is 3. The van der Waals surface area contributed by atoms with Crippen molar-refractivity contribution in [2.45, 2.75) is 19.9 Å². The van der Waals surface area contributed by atoms with Crippen molar-refractivity contribution < 1.29 is 19.0 Å². The highest BCUT2D eigenvalue weighted by molar-refractivity contribution is 7.09. The van der Waals surface area contributed by atoms with Crippen LogP contribution >= 0.6 is 11.3 Å². The summed E-state index contributed by atoms with van der Waals surface area (Å²) in [6.07, 6.45) is 3.20. The molecule has 0 aliphatic heterocycles. The van der Waals surface area contributed by atoms with Crippen molar-refractivity contribution in [3.05, 3.63) is 45.9 Å². The van der Waals surface area contributed by atoms with E-state index in [0.29, 0.717) is 24.7 Å². The molecule has 0 bridgehead atoms. The Morgan fingerprint density at radius 2 is 2.12 bits per heavy atom. The van der Waals surface area contributed by atoms with Gasteiger partial charge in [0.2, 0.25) is 5.91 Å². The monoisotopic (exact) mass is 376 g/mol. The first-order chi connectivity index (χ1) is 12.5. The van der Waals surface area contributed by atoms with Crippen molar-refractivity contribution in [2.24, 2.45) is 0 Å². The normalized spacial score (nSPS) is 12.2. The van der Waals surface area contributed by atoms with Crippen LogP contribution in [0, 0.1) is 6.92 Å². The standard InChI is InChI=1S/C19H24N2O4S/c1-13(20-19(22)8-6-16-12-26-14(2)21-16)15-5-7-17(18(11-15)24-4)25-10-9-23-3/h5-8,11-13H,9-10H2,1-4H3,(H,20,22)/b8-6+. The minimum Gasteiger partial charge on any atom is -0.493 e. The van der Waals surface area contributed by atoms with E-state index in [9.17, 15) is 4.79 Å². The van der Waals surface area contributed by atoms with Gasteiger partial charge in [0, 0.05) is 18.6 Å². The third-order valence-electron chi connectivity index (χ3n) is 3.63. The molecule has 2 aromatic rings. The molecule has 6 nitrogen and oxygen atoms in total. The molecule has 7 heteroatoms. The van der Waals surface area contributed by atoms with Crippen LogP contribution in [-0.2, 0) is 9.53 Å². The topological polar surface area (TPSA) is 69.7 Å². The van der Waals surface area contributed by atoms with Crippen molar-refractivity contribution in [2.75, 3.05) is 27.4 Å². The number of rotatable bonds is 9. The number of aromatic nitrogens is 1. The number of nitrogens with one attached hydrogen (secondary N) is 1. The Kier molecular flexibility index (Phi) is 7.62. The first-order valence-electron chi connectivity index (χ1n) is 8.24. The molecule has 0 spiro atoms. The van der Waals surface area contributed by atoms with E-state index < -0.39 is 0 Å². The SMILES string of the molecule is COCCOc1ccc(C(C)NC(=O)/C=C/c2csc(C)n2)cc1OC. The van der Waals surface area contributed by atoms with E-state index in [1.54, 1.807) is 31.6 Å². The Morgan fingerprint density at radius 3 is 2.77 bits per heavy atom. The zero-order valence-corrected chi connectivity index (χ0v) is 16.3. The Labute approximate surface area is 157 Å². The van der Waals surface area contributed by atoms with Gasteiger partial charge in [-0.1, -0.05) is 6.07 Å². The molecular weight excluding hydrogens is 352 g/mol. The number of carbonyl (C=O) groups is 1. The van der Waals surface area contributed by atoms with Gasteiger partial charge in [-0.05, 0) is 37.6 Å². The van der Waals surface area contributed by atoms with Crippen LogP contribution in [0.5, 0.6) is 11.5 Å². The van der Waals surface area contributed by atoms with Gasteiger partial charge in [0.05, 0.1) is 30.5 Å². The number of amides is 1. The third kappa shape index (κ3) is 5.86. The Morgan fingerprint density at radius 1 is 1.31 bits per heavy atom. The lowest BCUT2D eigenvalue weighted by atomic mass is 10.1. The Balaban J connectivity index is 1.98. The number of nitrogens with zero attached hydrogens (tertiary/aromatic N) is 1. The molecular formula is C19H24N2O4S. The van der Waals surface area contributed by atoms with Gasteiger partial charge in [-0.2, -0.15) is 0 Å². The molecule has 26 heavy (non-hydrogen) atoms. The highest BCUT2D eigenvalue weighted by Gasteiger charge is 2.12. The first kappa shape index (κ1) is 19.9. The summed E-state index contributed by atoms with van der Waals surface area (Å²) in [6.45, 7) is 4.79. The quantitative estimate of drug-likeness (QED) is 0.537. The number of thiazole rings is 1. The van der Waals surface area contributed by atoms with Crippen molar-refractivity contribution in [1.82, 2.24) is 10.3 Å². The highest BCUT2D eigenvalue weighted by Crippen LogP contribution is 2.30. The molecule has 0 radical (unpaired) electrons. The predicted octanol–water partition coefficient (Wildman–Crippen LogP) is 3.38. The van der Waals surface area contributed by atoms with E-state index in [4.69, 9.17) is 14.2 Å². The molecule has 1 atom stereocenters. The predicted molar refractivity (Wildman–Crippen MR) is 103 cm³/mol. The van der Waals surface area contributed by atoms with Crippen LogP contribution in [-0.4, -0.2) is 38.3 Å².